The van der Waals surface area contributed by atoms with Crippen LogP contribution in [-0.2, 0) is 27.2 Å². The molecule has 0 saturated carbocycles. The number of nitrogens with zero attached hydrogens (tertiary/aromatic N) is 2. The third-order valence-corrected chi connectivity index (χ3v) is 9.94. The predicted octanol–water partition coefficient (Wildman–Crippen LogP) is 4.13. The van der Waals surface area contributed by atoms with Gasteiger partial charge in [0.15, 0.2) is 23.0 Å². The van der Waals surface area contributed by atoms with E-state index in [9.17, 15) is 19.8 Å². The Bertz CT molecular complexity index is 1790. The minimum atomic E-state index is -0.980. The lowest BCUT2D eigenvalue weighted by atomic mass is 9.73. The second-order valence-electron chi connectivity index (χ2n) is 12.6. The lowest BCUT2D eigenvalue weighted by molar-refractivity contribution is -0.182. The first-order valence-electron chi connectivity index (χ1n) is 15.7. The molecule has 5 atom stereocenters. The first-order chi connectivity index (χ1) is 22.6. The normalized spacial score (nSPS) is 24.3. The number of hydrogen-bond donors (Lipinski definition) is 2. The number of aromatic hydroxyl groups is 1. The summed E-state index contributed by atoms with van der Waals surface area (Å²) in [7, 11) is 3.48. The predicted molar refractivity (Wildman–Crippen MR) is 171 cm³/mol. The second-order valence-corrected chi connectivity index (χ2v) is 12.6. The Kier molecular flexibility index (Phi) is 7.86. The summed E-state index contributed by atoms with van der Waals surface area (Å²) in [4.78, 5) is 29.6. The highest BCUT2D eigenvalue weighted by Crippen LogP contribution is 2.58. The van der Waals surface area contributed by atoms with Crippen LogP contribution in [0.3, 0.4) is 0 Å². The second kappa shape index (κ2) is 11.9. The molecule has 0 spiro atoms. The first kappa shape index (κ1) is 31.0. The quantitative estimate of drug-likeness (QED) is 0.229. The number of ether oxygens (including phenoxy) is 5. The molecule has 4 heterocycles. The van der Waals surface area contributed by atoms with Crippen LogP contribution in [0.5, 0.6) is 28.7 Å². The molecule has 3 aromatic carbocycles. The van der Waals surface area contributed by atoms with E-state index >= 15 is 0 Å². The van der Waals surface area contributed by atoms with Crippen LogP contribution < -0.4 is 18.9 Å². The molecule has 2 N–H and O–H groups in total. The number of methoxy groups -OCH3 is 1. The third-order valence-electron chi connectivity index (χ3n) is 9.94. The van der Waals surface area contributed by atoms with Gasteiger partial charge in [-0.15, -0.1) is 0 Å². The molecular weight excluding hydrogens is 604 g/mol. The van der Waals surface area contributed by atoms with Crippen molar-refractivity contribution in [3.8, 4) is 28.7 Å². The number of aliphatic hydroxyl groups excluding tert-OH is 1. The van der Waals surface area contributed by atoms with Gasteiger partial charge in [0.1, 0.15) is 18.6 Å². The van der Waals surface area contributed by atoms with Gasteiger partial charge < -0.3 is 33.9 Å². The smallest absolute Gasteiger partial charge is 0.330 e. The molecule has 7 rings (SSSR count). The summed E-state index contributed by atoms with van der Waals surface area (Å²) in [5, 5.41) is 23.8. The van der Waals surface area contributed by atoms with E-state index in [1.165, 1.54) is 20.1 Å². The number of aliphatic hydroxyl groups is 1. The molecular formula is C36H38N2O9. The fourth-order valence-electron chi connectivity index (χ4n) is 8.02. The Morgan fingerprint density at radius 3 is 2.51 bits per heavy atom. The number of likely N-dealkylation sites (N-methyl/N-ethyl adjacent to an activating group) is 1. The van der Waals surface area contributed by atoms with Crippen molar-refractivity contribution in [3.05, 3.63) is 81.4 Å². The SMILES string of the molecule is COc1c(C)cc2c(c1O)[C@@H]1[C@@H]3Cc4c(OC(C)=O)c(C)c5c(c4[C@H](COC(=O)C=Cc4ccccc4)N3[C@@H](O)[C@H](C2)N1C)OCO5. The van der Waals surface area contributed by atoms with E-state index in [0.717, 1.165) is 22.3 Å². The molecule has 1 fully saturated rings. The third kappa shape index (κ3) is 5.00. The molecule has 4 aliphatic rings. The molecule has 0 radical (unpaired) electrons. The molecule has 0 unspecified atom stereocenters. The summed E-state index contributed by atoms with van der Waals surface area (Å²) in [6.45, 7) is 4.89. The molecule has 11 heteroatoms. The zero-order chi connectivity index (χ0) is 33.1. The maximum atomic E-state index is 13.1. The minimum absolute atomic E-state index is 0.0289. The van der Waals surface area contributed by atoms with Crippen molar-refractivity contribution >= 4 is 18.0 Å². The van der Waals surface area contributed by atoms with Crippen molar-refractivity contribution in [1.29, 1.82) is 0 Å². The van der Waals surface area contributed by atoms with Gasteiger partial charge in [0.25, 0.3) is 0 Å². The highest BCUT2D eigenvalue weighted by atomic mass is 16.7. The molecule has 11 nitrogen and oxygen atoms in total. The van der Waals surface area contributed by atoms with Crippen molar-refractivity contribution < 1.29 is 43.5 Å². The summed E-state index contributed by atoms with van der Waals surface area (Å²) < 4.78 is 29.3. The summed E-state index contributed by atoms with van der Waals surface area (Å²) in [6, 6.07) is 9.59. The number of rotatable bonds is 6. The van der Waals surface area contributed by atoms with Crippen LogP contribution >= 0.6 is 0 Å². The van der Waals surface area contributed by atoms with Crippen molar-refractivity contribution in [2.24, 2.45) is 0 Å². The van der Waals surface area contributed by atoms with Crippen molar-refractivity contribution in [2.75, 3.05) is 27.6 Å². The molecule has 3 aromatic rings. The standard InChI is InChI=1S/C36H38N2O9/c1-18-13-22-14-25-36(42)38-24(30(37(25)4)28(22)31(41)32(18)43-5)15-23-29(35-34(45-17-46-35)19(2)33(23)47-20(3)39)26(38)16-44-27(40)12-11-21-9-7-6-8-10-21/h6-13,24-26,30,36,41-42H,14-17H2,1-5H3/t24-,25-,26-,30-,36-/m0/s1. The molecule has 0 aliphatic carbocycles. The average Bonchev–Trinajstić information content (AvgIpc) is 3.54. The number of hydrogen-bond acceptors (Lipinski definition) is 11. The van der Waals surface area contributed by atoms with Gasteiger partial charge >= 0.3 is 11.9 Å². The Morgan fingerprint density at radius 1 is 1.04 bits per heavy atom. The van der Waals surface area contributed by atoms with E-state index in [-0.39, 0.29) is 31.2 Å². The van der Waals surface area contributed by atoms with E-state index in [1.54, 1.807) is 6.08 Å². The molecule has 1 saturated heterocycles. The Labute approximate surface area is 272 Å². The lowest BCUT2D eigenvalue weighted by Gasteiger charge is -2.60. The largest absolute Gasteiger partial charge is 0.504 e. The first-order valence-corrected chi connectivity index (χ1v) is 15.7. The number of piperazine rings is 1. The summed E-state index contributed by atoms with van der Waals surface area (Å²) in [6.07, 6.45) is 2.89. The van der Waals surface area contributed by atoms with Gasteiger partial charge in [-0.2, -0.15) is 0 Å². The number of benzene rings is 3. The van der Waals surface area contributed by atoms with Crippen LogP contribution in [0.25, 0.3) is 6.08 Å². The van der Waals surface area contributed by atoms with Gasteiger partial charge in [-0.1, -0.05) is 36.4 Å². The van der Waals surface area contributed by atoms with Crippen molar-refractivity contribution in [2.45, 2.75) is 64.0 Å². The topological polar surface area (TPSA) is 127 Å². The van der Waals surface area contributed by atoms with Crippen LogP contribution in [0.2, 0.25) is 0 Å². The van der Waals surface area contributed by atoms with Gasteiger partial charge in [-0.05, 0) is 56.5 Å². The zero-order valence-corrected chi connectivity index (χ0v) is 27.0. The fourth-order valence-corrected chi connectivity index (χ4v) is 8.02. The van der Waals surface area contributed by atoms with E-state index in [0.29, 0.717) is 52.5 Å². The Hall–Kier alpha value is -4.58. The number of aryl methyl sites for hydroxylation is 1. The summed E-state index contributed by atoms with van der Waals surface area (Å²) in [5.74, 6) is 0.710. The molecule has 0 aromatic heterocycles. The van der Waals surface area contributed by atoms with Crippen LogP contribution in [-0.4, -0.2) is 77.8 Å². The molecule has 47 heavy (non-hydrogen) atoms. The lowest BCUT2D eigenvalue weighted by Crippen LogP contribution is -2.68. The Morgan fingerprint density at radius 2 is 1.79 bits per heavy atom. The van der Waals surface area contributed by atoms with Gasteiger partial charge in [-0.25, -0.2) is 4.79 Å². The zero-order valence-electron chi connectivity index (χ0n) is 27.0. The highest BCUT2D eigenvalue weighted by Gasteiger charge is 2.56. The average molecular weight is 643 g/mol. The highest BCUT2D eigenvalue weighted by molar-refractivity contribution is 5.87. The number of carbonyl (C=O) groups excluding carboxylic acids is 2. The molecule has 0 amide bonds. The van der Waals surface area contributed by atoms with Crippen LogP contribution in [0.15, 0.2) is 42.5 Å². The fraction of sp³-hybridized carbons (Fsp3) is 0.389. The van der Waals surface area contributed by atoms with Gasteiger partial charge in [0, 0.05) is 41.3 Å². The van der Waals surface area contributed by atoms with Crippen LogP contribution in [0, 0.1) is 13.8 Å². The number of fused-ring (bicyclic) bond motifs is 9. The number of phenols is 1. The summed E-state index contributed by atoms with van der Waals surface area (Å²) in [5.41, 5.74) is 5.29. The maximum Gasteiger partial charge on any atom is 0.330 e. The van der Waals surface area contributed by atoms with Gasteiger partial charge in [0.2, 0.25) is 6.79 Å². The van der Waals surface area contributed by atoms with E-state index in [1.807, 2.05) is 62.2 Å². The van der Waals surface area contributed by atoms with E-state index < -0.39 is 30.3 Å². The van der Waals surface area contributed by atoms with Crippen molar-refractivity contribution in [1.82, 2.24) is 9.80 Å². The van der Waals surface area contributed by atoms with Crippen molar-refractivity contribution in [3.63, 3.8) is 0 Å². The maximum absolute atomic E-state index is 13.1. The molecule has 246 valence electrons. The van der Waals surface area contributed by atoms with Crippen LogP contribution in [0.1, 0.15) is 58.0 Å². The molecule has 2 bridgehead atoms. The van der Waals surface area contributed by atoms with Gasteiger partial charge in [0.05, 0.1) is 25.2 Å². The van der Waals surface area contributed by atoms with E-state index in [2.05, 4.69) is 4.90 Å². The monoisotopic (exact) mass is 642 g/mol. The summed E-state index contributed by atoms with van der Waals surface area (Å²) >= 11 is 0. The molecule has 4 aliphatic heterocycles. The minimum Gasteiger partial charge on any atom is -0.504 e. The number of esters is 2. The van der Waals surface area contributed by atoms with Crippen LogP contribution in [0.4, 0.5) is 0 Å². The number of carbonyl (C=O) groups is 2. The van der Waals surface area contributed by atoms with Gasteiger partial charge in [-0.3, -0.25) is 14.6 Å². The Balaban J connectivity index is 1.37. The number of phenolic OH excluding ortho intramolecular Hbond substituents is 1. The van der Waals surface area contributed by atoms with E-state index in [4.69, 9.17) is 23.7 Å².